The molecule has 2 aromatic carbocycles. The van der Waals surface area contributed by atoms with Gasteiger partial charge in [0.25, 0.3) is 5.91 Å². The molecule has 0 aliphatic heterocycles. The standard InChI is InChI=1S/C28H33N3O4/c1-35-28(34)25(16-19-10-4-2-5-11-19)31-27(33)24(30-26(32)20-12-6-3-7-13-20)17-21-18-29-23-15-9-8-14-22(21)23/h3,6-9,12-15,18-19,24-25,29H,2,4-5,10-11,16-17H2,1H3,(H,30,32)(H,31,33)/t24-,25-/m0/s1. The van der Waals surface area contributed by atoms with Crippen molar-refractivity contribution in [2.75, 3.05) is 7.11 Å². The Kier molecular flexibility index (Phi) is 8.19. The molecule has 1 aromatic heterocycles. The zero-order valence-electron chi connectivity index (χ0n) is 20.1. The molecule has 3 N–H and O–H groups in total. The highest BCUT2D eigenvalue weighted by molar-refractivity contribution is 5.98. The van der Waals surface area contributed by atoms with E-state index in [1.165, 1.54) is 13.5 Å². The number of amides is 2. The van der Waals surface area contributed by atoms with Gasteiger partial charge >= 0.3 is 5.97 Å². The van der Waals surface area contributed by atoms with Gasteiger partial charge in [0.1, 0.15) is 12.1 Å². The van der Waals surface area contributed by atoms with Crippen molar-refractivity contribution in [1.29, 1.82) is 0 Å². The first kappa shape index (κ1) is 24.5. The fourth-order valence-electron chi connectivity index (χ4n) is 4.95. The summed E-state index contributed by atoms with van der Waals surface area (Å²) in [7, 11) is 1.34. The van der Waals surface area contributed by atoms with Crippen LogP contribution < -0.4 is 10.6 Å². The predicted molar refractivity (Wildman–Crippen MR) is 135 cm³/mol. The van der Waals surface area contributed by atoms with E-state index in [0.29, 0.717) is 17.9 Å². The van der Waals surface area contributed by atoms with E-state index in [0.717, 1.165) is 42.1 Å². The molecule has 7 nitrogen and oxygen atoms in total. The normalized spacial score (nSPS) is 15.8. The Balaban J connectivity index is 1.54. The minimum Gasteiger partial charge on any atom is -0.467 e. The smallest absolute Gasteiger partial charge is 0.328 e. The molecular formula is C28H33N3O4. The molecule has 2 amide bonds. The molecule has 0 radical (unpaired) electrons. The highest BCUT2D eigenvalue weighted by Crippen LogP contribution is 2.28. The Labute approximate surface area is 205 Å². The molecule has 7 heteroatoms. The quantitative estimate of drug-likeness (QED) is 0.405. The fourth-order valence-corrected chi connectivity index (χ4v) is 4.95. The first-order valence-electron chi connectivity index (χ1n) is 12.3. The number of nitrogens with one attached hydrogen (secondary N) is 3. The minimum absolute atomic E-state index is 0.283. The number of carbonyl (C=O) groups excluding carboxylic acids is 3. The van der Waals surface area contributed by atoms with Crippen LogP contribution in [0, 0.1) is 5.92 Å². The van der Waals surface area contributed by atoms with E-state index in [-0.39, 0.29) is 12.3 Å². The number of carbonyl (C=O) groups is 3. The zero-order chi connectivity index (χ0) is 24.6. The van der Waals surface area contributed by atoms with Crippen LogP contribution in [0.2, 0.25) is 0 Å². The van der Waals surface area contributed by atoms with Crippen molar-refractivity contribution in [3.05, 3.63) is 71.9 Å². The van der Waals surface area contributed by atoms with E-state index >= 15 is 0 Å². The number of benzene rings is 2. The van der Waals surface area contributed by atoms with Crippen LogP contribution in [0.1, 0.15) is 54.4 Å². The first-order valence-corrected chi connectivity index (χ1v) is 12.3. The summed E-state index contributed by atoms with van der Waals surface area (Å²) in [6, 6.07) is 15.0. The average molecular weight is 476 g/mol. The first-order chi connectivity index (χ1) is 17.0. The molecular weight excluding hydrogens is 442 g/mol. The van der Waals surface area contributed by atoms with Gasteiger partial charge in [0, 0.05) is 29.1 Å². The highest BCUT2D eigenvalue weighted by Gasteiger charge is 2.30. The third-order valence-electron chi connectivity index (χ3n) is 6.85. The molecule has 1 saturated carbocycles. The predicted octanol–water partition coefficient (Wildman–Crippen LogP) is 4.14. The monoisotopic (exact) mass is 475 g/mol. The number of hydrogen-bond donors (Lipinski definition) is 3. The molecule has 4 rings (SSSR count). The van der Waals surface area contributed by atoms with Gasteiger partial charge < -0.3 is 20.4 Å². The number of fused-ring (bicyclic) bond motifs is 1. The summed E-state index contributed by atoms with van der Waals surface area (Å²) in [6.07, 6.45) is 8.28. The molecule has 1 aliphatic carbocycles. The van der Waals surface area contributed by atoms with Gasteiger partial charge in [-0.1, -0.05) is 68.5 Å². The van der Waals surface area contributed by atoms with Gasteiger partial charge in [0.2, 0.25) is 5.91 Å². The molecule has 0 unspecified atom stereocenters. The van der Waals surface area contributed by atoms with Crippen molar-refractivity contribution in [2.24, 2.45) is 5.92 Å². The molecule has 184 valence electrons. The fraction of sp³-hybridized carbons (Fsp3) is 0.393. The van der Waals surface area contributed by atoms with E-state index in [2.05, 4.69) is 15.6 Å². The van der Waals surface area contributed by atoms with Crippen LogP contribution in [0.4, 0.5) is 0 Å². The summed E-state index contributed by atoms with van der Waals surface area (Å²) in [4.78, 5) is 42.2. The molecule has 2 atom stereocenters. The van der Waals surface area contributed by atoms with E-state index in [4.69, 9.17) is 4.74 Å². The number of ether oxygens (including phenoxy) is 1. The van der Waals surface area contributed by atoms with Gasteiger partial charge in [-0.3, -0.25) is 9.59 Å². The average Bonchev–Trinajstić information content (AvgIpc) is 3.31. The van der Waals surface area contributed by atoms with Crippen molar-refractivity contribution >= 4 is 28.7 Å². The van der Waals surface area contributed by atoms with Crippen LogP contribution in [0.15, 0.2) is 60.8 Å². The van der Waals surface area contributed by atoms with Gasteiger partial charge in [0.05, 0.1) is 7.11 Å². The summed E-state index contributed by atoms with van der Waals surface area (Å²) in [5.74, 6) is -0.818. The van der Waals surface area contributed by atoms with Crippen LogP contribution in [0.25, 0.3) is 10.9 Å². The molecule has 1 heterocycles. The van der Waals surface area contributed by atoms with Crippen molar-refractivity contribution in [1.82, 2.24) is 15.6 Å². The van der Waals surface area contributed by atoms with Gasteiger partial charge in [-0.15, -0.1) is 0 Å². The Bertz CT molecular complexity index is 1150. The Morgan fingerprint density at radius 3 is 2.40 bits per heavy atom. The van der Waals surface area contributed by atoms with Crippen LogP contribution >= 0.6 is 0 Å². The number of aromatic nitrogens is 1. The lowest BCUT2D eigenvalue weighted by atomic mass is 9.84. The Morgan fingerprint density at radius 2 is 1.66 bits per heavy atom. The number of methoxy groups -OCH3 is 1. The number of aromatic amines is 1. The number of esters is 1. The van der Waals surface area contributed by atoms with Gasteiger partial charge in [-0.2, -0.15) is 0 Å². The van der Waals surface area contributed by atoms with E-state index in [9.17, 15) is 14.4 Å². The lowest BCUT2D eigenvalue weighted by Gasteiger charge is -2.27. The second-order valence-electron chi connectivity index (χ2n) is 9.28. The molecule has 1 aliphatic rings. The molecule has 0 bridgehead atoms. The summed E-state index contributed by atoms with van der Waals surface area (Å²) in [5, 5.41) is 6.77. The van der Waals surface area contributed by atoms with Crippen LogP contribution in [-0.2, 0) is 20.7 Å². The third-order valence-corrected chi connectivity index (χ3v) is 6.85. The van der Waals surface area contributed by atoms with E-state index in [1.54, 1.807) is 24.3 Å². The zero-order valence-corrected chi connectivity index (χ0v) is 20.1. The number of hydrogen-bond acceptors (Lipinski definition) is 4. The van der Waals surface area contributed by atoms with Crippen LogP contribution in [0.5, 0.6) is 0 Å². The summed E-state index contributed by atoms with van der Waals surface area (Å²) in [6.45, 7) is 0. The minimum atomic E-state index is -0.861. The maximum Gasteiger partial charge on any atom is 0.328 e. The summed E-state index contributed by atoms with van der Waals surface area (Å²) in [5.41, 5.74) is 2.34. The maximum atomic E-state index is 13.5. The number of para-hydroxylation sites is 1. The van der Waals surface area contributed by atoms with Gasteiger partial charge in [-0.25, -0.2) is 4.79 Å². The third kappa shape index (κ3) is 6.29. The summed E-state index contributed by atoms with van der Waals surface area (Å²) < 4.78 is 5.00. The van der Waals surface area contributed by atoms with Gasteiger partial charge in [0.15, 0.2) is 0 Å². The Hall–Kier alpha value is -3.61. The molecule has 0 spiro atoms. The number of H-pyrrole nitrogens is 1. The molecule has 35 heavy (non-hydrogen) atoms. The van der Waals surface area contributed by atoms with E-state index in [1.807, 2.05) is 36.5 Å². The van der Waals surface area contributed by atoms with E-state index < -0.39 is 24.0 Å². The maximum absolute atomic E-state index is 13.5. The lowest BCUT2D eigenvalue weighted by molar-refractivity contribution is -0.145. The van der Waals surface area contributed by atoms with Crippen molar-refractivity contribution in [3.63, 3.8) is 0 Å². The molecule has 1 fully saturated rings. The molecule has 0 saturated heterocycles. The second kappa shape index (κ2) is 11.7. The van der Waals surface area contributed by atoms with Crippen molar-refractivity contribution in [2.45, 2.75) is 57.0 Å². The van der Waals surface area contributed by atoms with Crippen molar-refractivity contribution < 1.29 is 19.1 Å². The second-order valence-corrected chi connectivity index (χ2v) is 9.28. The highest BCUT2D eigenvalue weighted by atomic mass is 16.5. The Morgan fingerprint density at radius 1 is 0.943 bits per heavy atom. The number of rotatable bonds is 9. The van der Waals surface area contributed by atoms with Crippen LogP contribution in [-0.4, -0.2) is 42.0 Å². The van der Waals surface area contributed by atoms with Gasteiger partial charge in [-0.05, 0) is 36.1 Å². The topological polar surface area (TPSA) is 100 Å². The largest absolute Gasteiger partial charge is 0.467 e. The summed E-state index contributed by atoms with van der Waals surface area (Å²) >= 11 is 0. The lowest BCUT2D eigenvalue weighted by Crippen LogP contribution is -2.53. The van der Waals surface area contributed by atoms with Crippen molar-refractivity contribution in [3.8, 4) is 0 Å². The van der Waals surface area contributed by atoms with Crippen LogP contribution in [0.3, 0.4) is 0 Å². The molecule has 3 aromatic rings. The SMILES string of the molecule is COC(=O)[C@H](CC1CCCCC1)NC(=O)[C@H](Cc1c[nH]c2ccccc12)NC(=O)c1ccccc1.